The summed E-state index contributed by atoms with van der Waals surface area (Å²) in [5.41, 5.74) is 7.28. The molecule has 1 aliphatic carbocycles. The van der Waals surface area contributed by atoms with Crippen molar-refractivity contribution in [2.45, 2.75) is 0 Å². The number of rotatable bonds is 1. The minimum Gasteiger partial charge on any atom is -0.497 e. The molecule has 0 aliphatic heterocycles. The van der Waals surface area contributed by atoms with Crippen molar-refractivity contribution in [2.24, 2.45) is 0 Å². The molecule has 0 atom stereocenters. The lowest BCUT2D eigenvalue weighted by atomic mass is 10.1. The average molecular weight is 252 g/mol. The average Bonchev–Trinajstić information content (AvgIpc) is 2.70. The molecular weight excluding hydrogens is 244 g/mol. The number of benzene rings is 1. The normalized spacial score (nSPS) is 11.7. The second-order valence-electron chi connectivity index (χ2n) is 4.01. The van der Waals surface area contributed by atoms with E-state index in [1.54, 1.807) is 18.2 Å². The van der Waals surface area contributed by atoms with E-state index in [4.69, 9.17) is 15.7 Å². The van der Waals surface area contributed by atoms with E-state index in [0.29, 0.717) is 22.6 Å². The molecule has 0 saturated heterocycles. The third-order valence-corrected chi connectivity index (χ3v) is 2.97. The Balaban J connectivity index is 2.31. The van der Waals surface area contributed by atoms with Gasteiger partial charge < -0.3 is 10.5 Å². The van der Waals surface area contributed by atoms with Gasteiger partial charge in [0.2, 0.25) is 5.78 Å². The molecule has 0 bridgehead atoms. The maximum Gasteiger partial charge on any atom is 0.214 e. The number of hydrogen-bond donors (Lipinski definition) is 1. The Bertz CT molecular complexity index is 762. The number of hydrogen-bond acceptors (Lipinski definition) is 6. The standard InChI is InChI=1S/C13H8N4O2/c1-19-6-2-3-7-8(4-6)10-11(12(7)18)16-9(5-14)13(15)17-10/h2-4H,1H3,(H2,15,17). The molecule has 0 fully saturated rings. The first-order valence-corrected chi connectivity index (χ1v) is 5.46. The molecule has 1 heterocycles. The maximum atomic E-state index is 12.2. The molecule has 0 saturated carbocycles. The molecule has 1 aromatic heterocycles. The maximum absolute atomic E-state index is 12.2. The molecular formula is C13H8N4O2. The number of ketones is 1. The van der Waals surface area contributed by atoms with E-state index < -0.39 is 0 Å². The Hall–Kier alpha value is -2.94. The van der Waals surface area contributed by atoms with Gasteiger partial charge in [0, 0.05) is 11.1 Å². The van der Waals surface area contributed by atoms with E-state index in [0.717, 1.165) is 0 Å². The SMILES string of the molecule is COc1ccc2c(c1)-c1nc(N)c(C#N)nc1C2=O. The molecule has 6 heteroatoms. The number of ether oxygens (including phenoxy) is 1. The van der Waals surface area contributed by atoms with Crippen LogP contribution in [-0.4, -0.2) is 22.9 Å². The first kappa shape index (κ1) is 11.2. The molecule has 0 amide bonds. The molecule has 19 heavy (non-hydrogen) atoms. The number of fused-ring (bicyclic) bond motifs is 3. The summed E-state index contributed by atoms with van der Waals surface area (Å²) in [6.07, 6.45) is 0. The van der Waals surface area contributed by atoms with Crippen LogP contribution in [0.4, 0.5) is 5.82 Å². The van der Waals surface area contributed by atoms with Crippen LogP contribution in [0.25, 0.3) is 11.3 Å². The van der Waals surface area contributed by atoms with Crippen LogP contribution in [0, 0.1) is 11.3 Å². The number of nitrogens with two attached hydrogens (primary N) is 1. The number of anilines is 1. The van der Waals surface area contributed by atoms with Gasteiger partial charge in [-0.05, 0) is 18.2 Å². The van der Waals surface area contributed by atoms with Gasteiger partial charge in [0.05, 0.1) is 7.11 Å². The number of aromatic nitrogens is 2. The molecule has 1 aromatic carbocycles. The zero-order valence-corrected chi connectivity index (χ0v) is 9.97. The van der Waals surface area contributed by atoms with Crippen LogP contribution < -0.4 is 10.5 Å². The fourth-order valence-electron chi connectivity index (χ4n) is 2.05. The van der Waals surface area contributed by atoms with Crippen molar-refractivity contribution in [3.63, 3.8) is 0 Å². The molecule has 2 N–H and O–H groups in total. The van der Waals surface area contributed by atoms with E-state index in [1.807, 2.05) is 6.07 Å². The summed E-state index contributed by atoms with van der Waals surface area (Å²) in [5, 5.41) is 8.87. The lowest BCUT2D eigenvalue weighted by Crippen LogP contribution is -2.05. The van der Waals surface area contributed by atoms with E-state index in [2.05, 4.69) is 9.97 Å². The van der Waals surface area contributed by atoms with Gasteiger partial charge in [0.1, 0.15) is 23.2 Å². The Labute approximate surface area is 108 Å². The van der Waals surface area contributed by atoms with Crippen LogP contribution in [0.2, 0.25) is 0 Å². The second kappa shape index (κ2) is 3.78. The van der Waals surface area contributed by atoms with Crippen molar-refractivity contribution in [3.8, 4) is 23.1 Å². The first-order chi connectivity index (χ1) is 9.15. The number of nitrogen functional groups attached to an aromatic ring is 1. The lowest BCUT2D eigenvalue weighted by molar-refractivity contribution is 0.103. The molecule has 0 spiro atoms. The van der Waals surface area contributed by atoms with Crippen LogP contribution in [0.3, 0.4) is 0 Å². The minimum absolute atomic E-state index is 0.0183. The van der Waals surface area contributed by atoms with Gasteiger partial charge in [-0.2, -0.15) is 5.26 Å². The Morgan fingerprint density at radius 2 is 2.05 bits per heavy atom. The van der Waals surface area contributed by atoms with Crippen molar-refractivity contribution in [3.05, 3.63) is 35.2 Å². The summed E-state index contributed by atoms with van der Waals surface area (Å²) in [4.78, 5) is 20.3. The fraction of sp³-hybridized carbons (Fsp3) is 0.0769. The van der Waals surface area contributed by atoms with Crippen molar-refractivity contribution in [2.75, 3.05) is 12.8 Å². The Morgan fingerprint density at radius 1 is 1.26 bits per heavy atom. The highest BCUT2D eigenvalue weighted by atomic mass is 16.5. The van der Waals surface area contributed by atoms with Crippen LogP contribution in [0.5, 0.6) is 5.75 Å². The van der Waals surface area contributed by atoms with Crippen molar-refractivity contribution < 1.29 is 9.53 Å². The largest absolute Gasteiger partial charge is 0.497 e. The smallest absolute Gasteiger partial charge is 0.214 e. The van der Waals surface area contributed by atoms with Crippen molar-refractivity contribution in [1.29, 1.82) is 5.26 Å². The Kier molecular flexibility index (Phi) is 2.22. The second-order valence-corrected chi connectivity index (χ2v) is 4.01. The molecule has 0 radical (unpaired) electrons. The highest BCUT2D eigenvalue weighted by molar-refractivity contribution is 6.20. The van der Waals surface area contributed by atoms with Gasteiger partial charge in [-0.25, -0.2) is 9.97 Å². The van der Waals surface area contributed by atoms with Gasteiger partial charge >= 0.3 is 0 Å². The Morgan fingerprint density at radius 3 is 2.74 bits per heavy atom. The molecule has 2 aromatic rings. The van der Waals surface area contributed by atoms with Crippen LogP contribution in [0.1, 0.15) is 21.7 Å². The lowest BCUT2D eigenvalue weighted by Gasteiger charge is -2.03. The van der Waals surface area contributed by atoms with Gasteiger partial charge in [-0.3, -0.25) is 4.79 Å². The van der Waals surface area contributed by atoms with Gasteiger partial charge in [-0.1, -0.05) is 0 Å². The number of methoxy groups -OCH3 is 1. The highest BCUT2D eigenvalue weighted by Gasteiger charge is 2.31. The number of nitriles is 1. The predicted octanol–water partition coefficient (Wildman–Crippen LogP) is 1.15. The summed E-state index contributed by atoms with van der Waals surface area (Å²) in [6, 6.07) is 6.87. The minimum atomic E-state index is -0.253. The topological polar surface area (TPSA) is 102 Å². The zero-order valence-electron chi connectivity index (χ0n) is 9.97. The third kappa shape index (κ3) is 1.45. The summed E-state index contributed by atoms with van der Waals surface area (Å²) in [7, 11) is 1.54. The van der Waals surface area contributed by atoms with E-state index in [1.165, 1.54) is 7.11 Å². The summed E-state index contributed by atoms with van der Waals surface area (Å²) >= 11 is 0. The fourth-order valence-corrected chi connectivity index (χ4v) is 2.05. The quantitative estimate of drug-likeness (QED) is 0.697. The highest BCUT2D eigenvalue weighted by Crippen LogP contribution is 2.37. The molecule has 0 unspecified atom stereocenters. The van der Waals surface area contributed by atoms with Crippen LogP contribution >= 0.6 is 0 Å². The van der Waals surface area contributed by atoms with Crippen molar-refractivity contribution >= 4 is 11.6 Å². The van der Waals surface area contributed by atoms with Crippen LogP contribution in [0.15, 0.2) is 18.2 Å². The molecule has 6 nitrogen and oxygen atoms in total. The monoisotopic (exact) mass is 252 g/mol. The van der Waals surface area contributed by atoms with Gasteiger partial charge in [0.15, 0.2) is 11.5 Å². The van der Waals surface area contributed by atoms with E-state index >= 15 is 0 Å². The van der Waals surface area contributed by atoms with Gasteiger partial charge in [0.25, 0.3) is 0 Å². The van der Waals surface area contributed by atoms with E-state index in [9.17, 15) is 4.79 Å². The molecule has 1 aliphatic rings. The number of nitrogens with zero attached hydrogens (tertiary/aromatic N) is 3. The summed E-state index contributed by atoms with van der Waals surface area (Å²) < 4.78 is 5.12. The third-order valence-electron chi connectivity index (χ3n) is 2.97. The first-order valence-electron chi connectivity index (χ1n) is 5.46. The van der Waals surface area contributed by atoms with Crippen molar-refractivity contribution in [1.82, 2.24) is 9.97 Å². The number of carbonyl (C=O) groups excluding carboxylic acids is 1. The summed E-state index contributed by atoms with van der Waals surface area (Å²) in [6.45, 7) is 0. The number of carbonyl (C=O) groups is 1. The molecule has 3 rings (SSSR count). The zero-order chi connectivity index (χ0) is 13.6. The van der Waals surface area contributed by atoms with Crippen LogP contribution in [-0.2, 0) is 0 Å². The predicted molar refractivity (Wildman–Crippen MR) is 66.6 cm³/mol. The van der Waals surface area contributed by atoms with Gasteiger partial charge in [-0.15, -0.1) is 0 Å². The molecule has 92 valence electrons. The van der Waals surface area contributed by atoms with E-state index in [-0.39, 0.29) is 23.0 Å². The summed E-state index contributed by atoms with van der Waals surface area (Å²) in [5.74, 6) is 0.380.